The minimum Gasteiger partial charge on any atom is -0.504 e. The SMILES string of the molecule is COc1cc(C(=O)/C=C/c2c(C)nn(-c3ccc(F)cc3)c2C)ccc1O. The molecule has 27 heavy (non-hydrogen) atoms. The number of nitrogens with zero attached hydrogens (tertiary/aromatic N) is 2. The van der Waals surface area contributed by atoms with Crippen LogP contribution in [0.5, 0.6) is 11.5 Å². The molecule has 0 unspecified atom stereocenters. The second kappa shape index (κ2) is 7.45. The van der Waals surface area contributed by atoms with E-state index in [9.17, 15) is 14.3 Å². The van der Waals surface area contributed by atoms with E-state index in [1.54, 1.807) is 22.9 Å². The molecule has 138 valence electrons. The fourth-order valence-corrected chi connectivity index (χ4v) is 2.82. The van der Waals surface area contributed by atoms with Crippen molar-refractivity contribution < 1.29 is 19.0 Å². The first-order chi connectivity index (χ1) is 12.9. The highest BCUT2D eigenvalue weighted by Crippen LogP contribution is 2.27. The average molecular weight is 366 g/mol. The Hall–Kier alpha value is -3.41. The van der Waals surface area contributed by atoms with E-state index in [0.29, 0.717) is 5.56 Å². The van der Waals surface area contributed by atoms with E-state index in [0.717, 1.165) is 22.6 Å². The summed E-state index contributed by atoms with van der Waals surface area (Å²) in [6.07, 6.45) is 3.16. The van der Waals surface area contributed by atoms with Crippen LogP contribution in [0.4, 0.5) is 4.39 Å². The van der Waals surface area contributed by atoms with E-state index in [2.05, 4.69) is 5.10 Å². The number of rotatable bonds is 5. The Morgan fingerprint density at radius 1 is 1.19 bits per heavy atom. The van der Waals surface area contributed by atoms with Crippen molar-refractivity contribution in [3.63, 3.8) is 0 Å². The Balaban J connectivity index is 1.89. The van der Waals surface area contributed by atoms with Gasteiger partial charge in [0.2, 0.25) is 0 Å². The van der Waals surface area contributed by atoms with Gasteiger partial charge in [0, 0.05) is 16.8 Å². The highest BCUT2D eigenvalue weighted by molar-refractivity contribution is 6.07. The van der Waals surface area contributed by atoms with Crippen LogP contribution in [0.3, 0.4) is 0 Å². The summed E-state index contributed by atoms with van der Waals surface area (Å²) >= 11 is 0. The number of aryl methyl sites for hydroxylation is 1. The molecule has 1 heterocycles. The smallest absolute Gasteiger partial charge is 0.185 e. The molecule has 1 aromatic heterocycles. The maximum absolute atomic E-state index is 13.1. The van der Waals surface area contributed by atoms with Gasteiger partial charge in [-0.2, -0.15) is 5.10 Å². The van der Waals surface area contributed by atoms with Gasteiger partial charge in [0.25, 0.3) is 0 Å². The quantitative estimate of drug-likeness (QED) is 0.542. The van der Waals surface area contributed by atoms with Crippen molar-refractivity contribution in [1.82, 2.24) is 9.78 Å². The van der Waals surface area contributed by atoms with Crippen molar-refractivity contribution in [2.24, 2.45) is 0 Å². The number of hydrogen-bond donors (Lipinski definition) is 1. The molecule has 1 N–H and O–H groups in total. The number of phenols is 1. The second-order valence-corrected chi connectivity index (χ2v) is 6.06. The fraction of sp³-hybridized carbons (Fsp3) is 0.143. The highest BCUT2D eigenvalue weighted by Gasteiger charge is 2.12. The number of aromatic hydroxyl groups is 1. The number of aromatic nitrogens is 2. The van der Waals surface area contributed by atoms with Crippen LogP contribution in [0.1, 0.15) is 27.3 Å². The standard InChI is InChI=1S/C21H19FN2O3/c1-13-18(14(2)24(23-13)17-7-5-16(22)6-8-17)9-11-19(25)15-4-10-20(26)21(12-15)27-3/h4-12,26H,1-3H3/b11-9+. The van der Waals surface area contributed by atoms with Crippen molar-refractivity contribution >= 4 is 11.9 Å². The van der Waals surface area contributed by atoms with Crippen LogP contribution in [0, 0.1) is 19.7 Å². The van der Waals surface area contributed by atoms with Gasteiger partial charge in [-0.25, -0.2) is 9.07 Å². The van der Waals surface area contributed by atoms with Crippen molar-refractivity contribution in [2.75, 3.05) is 7.11 Å². The molecule has 0 aliphatic rings. The van der Waals surface area contributed by atoms with Gasteiger partial charge in [0.05, 0.1) is 18.5 Å². The maximum Gasteiger partial charge on any atom is 0.185 e. The third kappa shape index (κ3) is 3.74. The predicted octanol–water partition coefficient (Wildman–Crippen LogP) is 4.24. The van der Waals surface area contributed by atoms with Crippen LogP contribution in [0.25, 0.3) is 11.8 Å². The molecule has 0 spiro atoms. The third-order valence-corrected chi connectivity index (χ3v) is 4.28. The molecule has 0 saturated heterocycles. The van der Waals surface area contributed by atoms with Crippen molar-refractivity contribution in [2.45, 2.75) is 13.8 Å². The molecule has 3 aromatic rings. The van der Waals surface area contributed by atoms with E-state index >= 15 is 0 Å². The zero-order valence-electron chi connectivity index (χ0n) is 15.2. The molecule has 6 heteroatoms. The fourth-order valence-electron chi connectivity index (χ4n) is 2.82. The molecular weight excluding hydrogens is 347 g/mol. The van der Waals surface area contributed by atoms with Gasteiger partial charge >= 0.3 is 0 Å². The van der Waals surface area contributed by atoms with Crippen molar-refractivity contribution in [1.29, 1.82) is 0 Å². The first-order valence-corrected chi connectivity index (χ1v) is 8.32. The molecule has 0 aliphatic heterocycles. The van der Waals surface area contributed by atoms with E-state index in [4.69, 9.17) is 4.74 Å². The van der Waals surface area contributed by atoms with Crippen LogP contribution in [0.2, 0.25) is 0 Å². The minimum atomic E-state index is -0.310. The lowest BCUT2D eigenvalue weighted by molar-refractivity contribution is 0.104. The summed E-state index contributed by atoms with van der Waals surface area (Å²) in [5, 5.41) is 14.1. The molecule has 0 radical (unpaired) electrons. The molecule has 3 rings (SSSR count). The third-order valence-electron chi connectivity index (χ3n) is 4.28. The van der Waals surface area contributed by atoms with Crippen LogP contribution >= 0.6 is 0 Å². The molecule has 0 saturated carbocycles. The molecule has 0 atom stereocenters. The largest absolute Gasteiger partial charge is 0.504 e. The van der Waals surface area contributed by atoms with Crippen LogP contribution in [-0.4, -0.2) is 27.8 Å². The number of phenolic OH excluding ortho intramolecular Hbond substituents is 1. The Bertz CT molecular complexity index is 1020. The number of halogens is 1. The predicted molar refractivity (Wildman–Crippen MR) is 101 cm³/mol. The summed E-state index contributed by atoms with van der Waals surface area (Å²) in [7, 11) is 1.43. The van der Waals surface area contributed by atoms with E-state index in [1.165, 1.54) is 43.5 Å². The normalized spacial score (nSPS) is 11.1. The second-order valence-electron chi connectivity index (χ2n) is 6.06. The van der Waals surface area contributed by atoms with E-state index in [-0.39, 0.29) is 23.1 Å². The van der Waals surface area contributed by atoms with Gasteiger partial charge in [-0.05, 0) is 68.5 Å². The Morgan fingerprint density at radius 3 is 2.56 bits per heavy atom. The Labute approximate surface area is 156 Å². The molecule has 0 aliphatic carbocycles. The van der Waals surface area contributed by atoms with Crippen LogP contribution in [-0.2, 0) is 0 Å². The summed E-state index contributed by atoms with van der Waals surface area (Å²) in [5.74, 6) is -0.312. The summed E-state index contributed by atoms with van der Waals surface area (Å²) in [5.41, 5.74) is 3.56. The monoisotopic (exact) mass is 366 g/mol. The number of carbonyl (C=O) groups excluding carboxylic acids is 1. The van der Waals surface area contributed by atoms with Gasteiger partial charge < -0.3 is 9.84 Å². The topological polar surface area (TPSA) is 64.3 Å². The average Bonchev–Trinajstić information content (AvgIpc) is 2.94. The zero-order valence-corrected chi connectivity index (χ0v) is 15.2. The summed E-state index contributed by atoms with van der Waals surface area (Å²) in [6.45, 7) is 3.73. The molecule has 0 amide bonds. The lowest BCUT2D eigenvalue weighted by atomic mass is 10.1. The molecule has 5 nitrogen and oxygen atoms in total. The van der Waals surface area contributed by atoms with Crippen molar-refractivity contribution in [3.05, 3.63) is 76.9 Å². The van der Waals surface area contributed by atoms with Gasteiger partial charge in [-0.3, -0.25) is 4.79 Å². The molecular formula is C21H19FN2O3. The number of hydrogen-bond acceptors (Lipinski definition) is 4. The van der Waals surface area contributed by atoms with Gasteiger partial charge in [-0.15, -0.1) is 0 Å². The van der Waals surface area contributed by atoms with Crippen LogP contribution < -0.4 is 4.74 Å². The Morgan fingerprint density at radius 2 is 1.89 bits per heavy atom. The van der Waals surface area contributed by atoms with Crippen LogP contribution in [0.15, 0.2) is 48.5 Å². The number of methoxy groups -OCH3 is 1. The van der Waals surface area contributed by atoms with E-state index < -0.39 is 0 Å². The lowest BCUT2D eigenvalue weighted by Gasteiger charge is -2.05. The zero-order chi connectivity index (χ0) is 19.6. The number of ketones is 1. The summed E-state index contributed by atoms with van der Waals surface area (Å²) in [6, 6.07) is 10.5. The minimum absolute atomic E-state index is 0.0229. The van der Waals surface area contributed by atoms with E-state index in [1.807, 2.05) is 13.8 Å². The first-order valence-electron chi connectivity index (χ1n) is 8.32. The first kappa shape index (κ1) is 18.4. The van der Waals surface area contributed by atoms with Crippen molar-refractivity contribution in [3.8, 4) is 17.2 Å². The lowest BCUT2D eigenvalue weighted by Crippen LogP contribution is -1.99. The number of carbonyl (C=O) groups is 1. The van der Waals surface area contributed by atoms with Gasteiger partial charge in [0.1, 0.15) is 5.82 Å². The van der Waals surface area contributed by atoms with Gasteiger partial charge in [-0.1, -0.05) is 0 Å². The number of allylic oxidation sites excluding steroid dienone is 1. The summed E-state index contributed by atoms with van der Waals surface area (Å²) < 4.78 is 19.9. The number of benzene rings is 2. The highest BCUT2D eigenvalue weighted by atomic mass is 19.1. The number of ether oxygens (including phenoxy) is 1. The molecule has 0 bridgehead atoms. The van der Waals surface area contributed by atoms with Gasteiger partial charge in [0.15, 0.2) is 17.3 Å². The molecule has 0 fully saturated rings. The maximum atomic E-state index is 13.1. The summed E-state index contributed by atoms with van der Waals surface area (Å²) in [4.78, 5) is 12.4. The molecule has 2 aromatic carbocycles. The Kier molecular flexibility index (Phi) is 5.07.